The molecule has 2 aromatic rings. The van der Waals surface area contributed by atoms with Crippen LogP contribution in [0.15, 0.2) is 40.9 Å². The van der Waals surface area contributed by atoms with Crippen molar-refractivity contribution in [2.45, 2.75) is 6.61 Å². The summed E-state index contributed by atoms with van der Waals surface area (Å²) in [5.74, 6) is 0.593. The number of aliphatic hydroxyl groups is 1. The lowest BCUT2D eigenvalue weighted by Gasteiger charge is -2.11. The van der Waals surface area contributed by atoms with Crippen LogP contribution in [0.1, 0.15) is 5.56 Å². The molecule has 0 unspecified atom stereocenters. The van der Waals surface area contributed by atoms with Gasteiger partial charge in [-0.05, 0) is 52.3 Å². The molecule has 0 aromatic heterocycles. The SMILES string of the molecule is OCc1cc(Cl)ccc1Oc1ccc(F)cc1Br. The van der Waals surface area contributed by atoms with E-state index in [1.54, 1.807) is 18.2 Å². The average molecular weight is 332 g/mol. The second-order valence-electron chi connectivity index (χ2n) is 3.59. The minimum atomic E-state index is -0.354. The smallest absolute Gasteiger partial charge is 0.141 e. The minimum Gasteiger partial charge on any atom is -0.456 e. The van der Waals surface area contributed by atoms with E-state index in [0.29, 0.717) is 26.6 Å². The Morgan fingerprint density at radius 2 is 1.89 bits per heavy atom. The first-order valence-electron chi connectivity index (χ1n) is 5.12. The van der Waals surface area contributed by atoms with Crippen molar-refractivity contribution < 1.29 is 14.2 Å². The van der Waals surface area contributed by atoms with Gasteiger partial charge in [-0.1, -0.05) is 11.6 Å². The summed E-state index contributed by atoms with van der Waals surface area (Å²) in [5, 5.41) is 9.74. The van der Waals surface area contributed by atoms with Crippen LogP contribution in [0.2, 0.25) is 5.02 Å². The van der Waals surface area contributed by atoms with Crippen molar-refractivity contribution >= 4 is 27.5 Å². The maximum Gasteiger partial charge on any atom is 0.141 e. The fraction of sp³-hybridized carbons (Fsp3) is 0.0769. The lowest BCUT2D eigenvalue weighted by Crippen LogP contribution is -1.92. The molecule has 0 radical (unpaired) electrons. The Balaban J connectivity index is 2.33. The largest absolute Gasteiger partial charge is 0.456 e. The predicted octanol–water partition coefficient (Wildman–Crippen LogP) is 4.53. The van der Waals surface area contributed by atoms with Crippen LogP contribution in [-0.2, 0) is 6.61 Å². The van der Waals surface area contributed by atoms with Gasteiger partial charge in [-0.15, -0.1) is 0 Å². The van der Waals surface area contributed by atoms with Crippen LogP contribution < -0.4 is 4.74 Å². The van der Waals surface area contributed by atoms with Gasteiger partial charge in [-0.25, -0.2) is 4.39 Å². The van der Waals surface area contributed by atoms with E-state index in [1.807, 2.05) is 0 Å². The molecular weight excluding hydrogens is 322 g/mol. The van der Waals surface area contributed by atoms with Crippen molar-refractivity contribution in [3.63, 3.8) is 0 Å². The summed E-state index contributed by atoms with van der Waals surface area (Å²) in [4.78, 5) is 0. The molecule has 0 saturated carbocycles. The minimum absolute atomic E-state index is 0.186. The number of ether oxygens (including phenoxy) is 1. The zero-order valence-electron chi connectivity index (χ0n) is 9.16. The summed E-state index contributed by atoms with van der Waals surface area (Å²) in [6.07, 6.45) is 0. The van der Waals surface area contributed by atoms with Gasteiger partial charge in [0.25, 0.3) is 0 Å². The third-order valence-corrected chi connectivity index (χ3v) is 3.16. The number of aliphatic hydroxyl groups excluding tert-OH is 1. The number of benzene rings is 2. The molecule has 0 fully saturated rings. The number of halogens is 3. The van der Waals surface area contributed by atoms with Gasteiger partial charge in [0.1, 0.15) is 17.3 Å². The number of hydrogen-bond donors (Lipinski definition) is 1. The number of rotatable bonds is 3. The molecule has 1 N–H and O–H groups in total. The molecule has 0 heterocycles. The first-order chi connectivity index (χ1) is 8.60. The van der Waals surface area contributed by atoms with Gasteiger partial charge in [0.05, 0.1) is 11.1 Å². The molecular formula is C13H9BrClFO2. The summed E-state index contributed by atoms with van der Waals surface area (Å²) >= 11 is 9.04. The molecule has 0 atom stereocenters. The van der Waals surface area contributed by atoms with E-state index < -0.39 is 0 Å². The molecule has 0 saturated heterocycles. The number of hydrogen-bond acceptors (Lipinski definition) is 2. The van der Waals surface area contributed by atoms with Crippen LogP contribution in [0.4, 0.5) is 4.39 Å². The highest BCUT2D eigenvalue weighted by atomic mass is 79.9. The van der Waals surface area contributed by atoms with Crippen molar-refractivity contribution in [3.05, 3.63) is 57.3 Å². The molecule has 18 heavy (non-hydrogen) atoms. The first kappa shape index (κ1) is 13.3. The molecule has 2 aromatic carbocycles. The molecule has 94 valence electrons. The maximum atomic E-state index is 12.9. The summed E-state index contributed by atoms with van der Waals surface area (Å²) in [6, 6.07) is 9.05. The van der Waals surface area contributed by atoms with Gasteiger partial charge in [-0.2, -0.15) is 0 Å². The van der Waals surface area contributed by atoms with Gasteiger partial charge in [0.2, 0.25) is 0 Å². The lowest BCUT2D eigenvalue weighted by atomic mass is 10.2. The summed E-state index contributed by atoms with van der Waals surface area (Å²) in [6.45, 7) is -0.186. The topological polar surface area (TPSA) is 29.5 Å². The molecule has 0 aliphatic rings. The second-order valence-corrected chi connectivity index (χ2v) is 4.88. The van der Waals surface area contributed by atoms with Gasteiger partial charge >= 0.3 is 0 Å². The standard InChI is InChI=1S/C13H9BrClFO2/c14-11-6-10(16)2-4-13(11)18-12-3-1-9(15)5-8(12)7-17/h1-6,17H,7H2. The van der Waals surface area contributed by atoms with E-state index in [9.17, 15) is 9.50 Å². The van der Waals surface area contributed by atoms with Crippen molar-refractivity contribution in [1.29, 1.82) is 0 Å². The third-order valence-electron chi connectivity index (χ3n) is 2.31. The van der Waals surface area contributed by atoms with Gasteiger partial charge in [0, 0.05) is 10.6 Å². The molecule has 0 aliphatic carbocycles. The van der Waals surface area contributed by atoms with Crippen LogP contribution in [0.3, 0.4) is 0 Å². The molecule has 0 aliphatic heterocycles. The van der Waals surface area contributed by atoms with Gasteiger partial charge in [0.15, 0.2) is 0 Å². The Morgan fingerprint density at radius 1 is 1.17 bits per heavy atom. The average Bonchev–Trinajstić information content (AvgIpc) is 2.34. The fourth-order valence-corrected chi connectivity index (χ4v) is 2.07. The second kappa shape index (κ2) is 5.69. The zero-order valence-corrected chi connectivity index (χ0v) is 11.5. The van der Waals surface area contributed by atoms with Crippen molar-refractivity contribution in [2.75, 3.05) is 0 Å². The fourth-order valence-electron chi connectivity index (χ4n) is 1.45. The Kier molecular flexibility index (Phi) is 4.22. The van der Waals surface area contributed by atoms with Crippen LogP contribution in [-0.4, -0.2) is 5.11 Å². The highest BCUT2D eigenvalue weighted by molar-refractivity contribution is 9.10. The monoisotopic (exact) mass is 330 g/mol. The van der Waals surface area contributed by atoms with Crippen LogP contribution in [0.25, 0.3) is 0 Å². The van der Waals surface area contributed by atoms with Gasteiger partial charge < -0.3 is 9.84 Å². The van der Waals surface area contributed by atoms with Crippen LogP contribution in [0.5, 0.6) is 11.5 Å². The highest BCUT2D eigenvalue weighted by Crippen LogP contribution is 2.33. The van der Waals surface area contributed by atoms with Crippen molar-refractivity contribution in [3.8, 4) is 11.5 Å². The van der Waals surface area contributed by atoms with E-state index in [2.05, 4.69) is 15.9 Å². The normalized spacial score (nSPS) is 10.4. The zero-order chi connectivity index (χ0) is 13.1. The Labute approximate surface area is 117 Å². The van der Waals surface area contributed by atoms with Crippen molar-refractivity contribution in [1.82, 2.24) is 0 Å². The van der Waals surface area contributed by atoms with Crippen molar-refractivity contribution in [2.24, 2.45) is 0 Å². The van der Waals surface area contributed by atoms with Crippen LogP contribution in [0, 0.1) is 5.82 Å². The molecule has 2 nitrogen and oxygen atoms in total. The maximum absolute atomic E-state index is 12.9. The van der Waals surface area contributed by atoms with E-state index in [-0.39, 0.29) is 12.4 Å². The molecule has 0 bridgehead atoms. The predicted molar refractivity (Wildman–Crippen MR) is 71.5 cm³/mol. The van der Waals surface area contributed by atoms with E-state index in [4.69, 9.17) is 16.3 Å². The molecule has 0 spiro atoms. The lowest BCUT2D eigenvalue weighted by molar-refractivity contribution is 0.276. The third kappa shape index (κ3) is 3.02. The van der Waals surface area contributed by atoms with E-state index >= 15 is 0 Å². The summed E-state index contributed by atoms with van der Waals surface area (Å²) in [5.41, 5.74) is 0.568. The Morgan fingerprint density at radius 3 is 2.56 bits per heavy atom. The highest BCUT2D eigenvalue weighted by Gasteiger charge is 2.08. The molecule has 2 rings (SSSR count). The Hall–Kier alpha value is -1.10. The first-order valence-corrected chi connectivity index (χ1v) is 6.29. The van der Waals surface area contributed by atoms with E-state index in [0.717, 1.165) is 0 Å². The molecule has 5 heteroatoms. The summed E-state index contributed by atoms with van der Waals surface area (Å²) < 4.78 is 19.1. The Bertz CT molecular complexity index is 575. The quantitative estimate of drug-likeness (QED) is 0.895. The van der Waals surface area contributed by atoms with Gasteiger partial charge in [-0.3, -0.25) is 0 Å². The van der Waals surface area contributed by atoms with E-state index in [1.165, 1.54) is 18.2 Å². The van der Waals surface area contributed by atoms with Crippen LogP contribution >= 0.6 is 27.5 Å². The molecule has 0 amide bonds. The summed E-state index contributed by atoms with van der Waals surface area (Å²) in [7, 11) is 0.